The molecule has 1 aromatic rings. The minimum atomic E-state index is -0.645. The largest absolute Gasteiger partial charge is 0.497 e. The van der Waals surface area contributed by atoms with Gasteiger partial charge in [0.2, 0.25) is 0 Å². The van der Waals surface area contributed by atoms with E-state index in [0.29, 0.717) is 12.3 Å². The standard InChI is InChI=1S/C21H28O5/c1-21(20(23)26-4)10-9-16-15-8-6-14(24-2)11-13(15)5-7-17(16)18(21)12-19(22)25-3/h6,8,11,16-18H,5,7,9-10,12H2,1-4H3. The second kappa shape index (κ2) is 7.29. The highest BCUT2D eigenvalue weighted by Gasteiger charge is 2.53. The Bertz CT molecular complexity index is 698. The Morgan fingerprint density at radius 3 is 2.58 bits per heavy atom. The molecule has 1 fully saturated rings. The Hall–Kier alpha value is -2.04. The Kier molecular flexibility index (Phi) is 5.26. The maximum absolute atomic E-state index is 12.6. The predicted molar refractivity (Wildman–Crippen MR) is 97.0 cm³/mol. The van der Waals surface area contributed by atoms with Crippen LogP contribution in [0.5, 0.6) is 5.75 Å². The molecule has 0 radical (unpaired) electrons. The lowest BCUT2D eigenvalue weighted by atomic mass is 9.54. The number of benzene rings is 1. The predicted octanol–water partition coefficient (Wildman–Crippen LogP) is 3.49. The molecule has 0 aliphatic heterocycles. The number of aryl methyl sites for hydroxylation is 1. The Balaban J connectivity index is 1.97. The van der Waals surface area contributed by atoms with Crippen molar-refractivity contribution in [3.63, 3.8) is 0 Å². The second-order valence-corrected chi connectivity index (χ2v) is 7.71. The van der Waals surface area contributed by atoms with Gasteiger partial charge < -0.3 is 14.2 Å². The van der Waals surface area contributed by atoms with Crippen molar-refractivity contribution in [2.24, 2.45) is 17.3 Å². The molecule has 0 heterocycles. The fraction of sp³-hybridized carbons (Fsp3) is 0.619. The minimum Gasteiger partial charge on any atom is -0.497 e. The van der Waals surface area contributed by atoms with Gasteiger partial charge in [0.05, 0.1) is 26.7 Å². The van der Waals surface area contributed by atoms with Gasteiger partial charge in [-0.2, -0.15) is 0 Å². The molecule has 0 spiro atoms. The zero-order valence-electron chi connectivity index (χ0n) is 16.0. The molecule has 4 atom stereocenters. The van der Waals surface area contributed by atoms with E-state index in [0.717, 1.165) is 25.0 Å². The van der Waals surface area contributed by atoms with E-state index in [9.17, 15) is 9.59 Å². The molecule has 0 aromatic heterocycles. The van der Waals surface area contributed by atoms with Gasteiger partial charge in [0.25, 0.3) is 0 Å². The van der Waals surface area contributed by atoms with Crippen LogP contribution in [-0.2, 0) is 25.5 Å². The highest BCUT2D eigenvalue weighted by molar-refractivity contribution is 5.79. The van der Waals surface area contributed by atoms with Gasteiger partial charge in [0, 0.05) is 6.42 Å². The number of ether oxygens (including phenoxy) is 3. The molecule has 2 aliphatic rings. The summed E-state index contributed by atoms with van der Waals surface area (Å²) in [4.78, 5) is 24.7. The van der Waals surface area contributed by atoms with E-state index >= 15 is 0 Å². The zero-order chi connectivity index (χ0) is 18.9. The van der Waals surface area contributed by atoms with E-state index in [1.165, 1.54) is 25.3 Å². The molecule has 0 N–H and O–H groups in total. The highest BCUT2D eigenvalue weighted by atomic mass is 16.5. The van der Waals surface area contributed by atoms with Crippen molar-refractivity contribution in [1.82, 2.24) is 0 Å². The number of carbonyl (C=O) groups excluding carboxylic acids is 2. The number of carbonyl (C=O) groups is 2. The summed E-state index contributed by atoms with van der Waals surface area (Å²) in [6.07, 6.45) is 3.79. The van der Waals surface area contributed by atoms with Gasteiger partial charge >= 0.3 is 11.9 Å². The summed E-state index contributed by atoms with van der Waals surface area (Å²) in [5.74, 6) is 0.960. The highest BCUT2D eigenvalue weighted by Crippen LogP contribution is 2.56. The SMILES string of the molecule is COC(=O)CC1C2CCc3cc(OC)ccc3C2CCC1(C)C(=O)OC. The van der Waals surface area contributed by atoms with E-state index in [1.54, 1.807) is 7.11 Å². The molecular weight excluding hydrogens is 332 g/mol. The molecule has 5 nitrogen and oxygen atoms in total. The molecule has 0 saturated heterocycles. The lowest BCUT2D eigenvalue weighted by Crippen LogP contribution is -2.48. The molecule has 5 heteroatoms. The zero-order valence-corrected chi connectivity index (χ0v) is 16.0. The quantitative estimate of drug-likeness (QED) is 0.769. The van der Waals surface area contributed by atoms with Crippen LogP contribution in [0.1, 0.15) is 49.7 Å². The van der Waals surface area contributed by atoms with Crippen LogP contribution in [0.15, 0.2) is 18.2 Å². The molecule has 1 saturated carbocycles. The molecule has 4 unspecified atom stereocenters. The monoisotopic (exact) mass is 360 g/mol. The average molecular weight is 360 g/mol. The van der Waals surface area contributed by atoms with E-state index < -0.39 is 5.41 Å². The van der Waals surface area contributed by atoms with Crippen molar-refractivity contribution in [2.45, 2.75) is 44.9 Å². The van der Waals surface area contributed by atoms with Crippen molar-refractivity contribution < 1.29 is 23.8 Å². The van der Waals surface area contributed by atoms with E-state index in [2.05, 4.69) is 12.1 Å². The number of hydrogen-bond donors (Lipinski definition) is 0. The molecule has 3 rings (SSSR count). The lowest BCUT2D eigenvalue weighted by molar-refractivity contribution is -0.163. The summed E-state index contributed by atoms with van der Waals surface area (Å²) < 4.78 is 15.4. The summed E-state index contributed by atoms with van der Waals surface area (Å²) >= 11 is 0. The van der Waals surface area contributed by atoms with Gasteiger partial charge in [-0.1, -0.05) is 6.07 Å². The molecular formula is C21H28O5. The number of hydrogen-bond acceptors (Lipinski definition) is 5. The lowest BCUT2D eigenvalue weighted by Gasteiger charge is -2.50. The van der Waals surface area contributed by atoms with Crippen molar-refractivity contribution >= 4 is 11.9 Å². The number of esters is 2. The van der Waals surface area contributed by atoms with Crippen molar-refractivity contribution in [2.75, 3.05) is 21.3 Å². The van der Waals surface area contributed by atoms with Crippen LogP contribution in [0.25, 0.3) is 0 Å². The second-order valence-electron chi connectivity index (χ2n) is 7.71. The Morgan fingerprint density at radius 2 is 1.92 bits per heavy atom. The van der Waals surface area contributed by atoms with Gasteiger partial charge in [0.15, 0.2) is 0 Å². The van der Waals surface area contributed by atoms with Gasteiger partial charge in [0.1, 0.15) is 5.75 Å². The first-order valence-corrected chi connectivity index (χ1v) is 9.26. The fourth-order valence-corrected chi connectivity index (χ4v) is 5.13. The Morgan fingerprint density at radius 1 is 1.15 bits per heavy atom. The summed E-state index contributed by atoms with van der Waals surface area (Å²) in [5.41, 5.74) is 2.02. The van der Waals surface area contributed by atoms with Crippen LogP contribution in [0.4, 0.5) is 0 Å². The third-order valence-corrected chi connectivity index (χ3v) is 6.59. The number of methoxy groups -OCH3 is 3. The summed E-state index contributed by atoms with van der Waals surface area (Å²) in [7, 11) is 4.51. The van der Waals surface area contributed by atoms with E-state index in [4.69, 9.17) is 14.2 Å². The third-order valence-electron chi connectivity index (χ3n) is 6.59. The minimum absolute atomic E-state index is 0.0728. The third kappa shape index (κ3) is 3.08. The van der Waals surface area contributed by atoms with Gasteiger partial charge in [-0.05, 0) is 73.6 Å². The first kappa shape index (κ1) is 18.7. The van der Waals surface area contributed by atoms with E-state index in [-0.39, 0.29) is 30.2 Å². The maximum atomic E-state index is 12.6. The van der Waals surface area contributed by atoms with E-state index in [1.807, 2.05) is 13.0 Å². The van der Waals surface area contributed by atoms with Crippen LogP contribution in [0.3, 0.4) is 0 Å². The molecule has 2 aliphatic carbocycles. The summed E-state index contributed by atoms with van der Waals surface area (Å²) in [6, 6.07) is 6.28. The van der Waals surface area contributed by atoms with Crippen molar-refractivity contribution in [3.8, 4) is 5.75 Å². The Labute approximate surface area is 155 Å². The maximum Gasteiger partial charge on any atom is 0.311 e. The van der Waals surface area contributed by atoms with Crippen molar-refractivity contribution in [1.29, 1.82) is 0 Å². The topological polar surface area (TPSA) is 61.8 Å². The fourth-order valence-electron chi connectivity index (χ4n) is 5.13. The van der Waals surface area contributed by atoms with Gasteiger partial charge in [-0.15, -0.1) is 0 Å². The summed E-state index contributed by atoms with van der Waals surface area (Å²) in [5, 5.41) is 0. The van der Waals surface area contributed by atoms with Crippen LogP contribution in [-0.4, -0.2) is 33.3 Å². The van der Waals surface area contributed by atoms with Crippen LogP contribution in [0.2, 0.25) is 0 Å². The van der Waals surface area contributed by atoms with Gasteiger partial charge in [-0.3, -0.25) is 9.59 Å². The van der Waals surface area contributed by atoms with Crippen molar-refractivity contribution in [3.05, 3.63) is 29.3 Å². The number of fused-ring (bicyclic) bond motifs is 3. The summed E-state index contributed by atoms with van der Waals surface area (Å²) in [6.45, 7) is 1.95. The van der Waals surface area contributed by atoms with Crippen LogP contribution in [0, 0.1) is 17.3 Å². The smallest absolute Gasteiger partial charge is 0.311 e. The molecule has 26 heavy (non-hydrogen) atoms. The van der Waals surface area contributed by atoms with Crippen LogP contribution < -0.4 is 4.74 Å². The molecule has 142 valence electrons. The molecule has 1 aromatic carbocycles. The first-order chi connectivity index (χ1) is 12.4. The first-order valence-electron chi connectivity index (χ1n) is 9.26. The molecule has 0 bridgehead atoms. The normalized spacial score (nSPS) is 29.9. The van der Waals surface area contributed by atoms with Gasteiger partial charge in [-0.25, -0.2) is 0 Å². The number of rotatable bonds is 4. The average Bonchev–Trinajstić information content (AvgIpc) is 2.68. The van der Waals surface area contributed by atoms with Crippen LogP contribution >= 0.6 is 0 Å². The molecule has 0 amide bonds.